The smallest absolute Gasteiger partial charge is 0.226 e. The van der Waals surface area contributed by atoms with Crippen LogP contribution in [0.4, 0.5) is 0 Å². The highest BCUT2D eigenvalue weighted by Crippen LogP contribution is 2.27. The van der Waals surface area contributed by atoms with Crippen LogP contribution in [-0.4, -0.2) is 31.6 Å². The number of benzene rings is 2. The predicted octanol–water partition coefficient (Wildman–Crippen LogP) is 5.70. The quantitative estimate of drug-likeness (QED) is 0.264. The van der Waals surface area contributed by atoms with Gasteiger partial charge in [-0.25, -0.2) is 0 Å². The molecule has 0 spiro atoms. The molecule has 0 saturated carbocycles. The first kappa shape index (κ1) is 23.1. The zero-order valence-electron chi connectivity index (χ0n) is 18.6. The van der Waals surface area contributed by atoms with Gasteiger partial charge in [0.25, 0.3) is 0 Å². The lowest BCUT2D eigenvalue weighted by Gasteiger charge is -2.11. The third kappa shape index (κ3) is 5.85. The van der Waals surface area contributed by atoms with E-state index < -0.39 is 0 Å². The molecule has 0 amide bonds. The van der Waals surface area contributed by atoms with Crippen LogP contribution < -0.4 is 9.47 Å². The molecule has 0 atom stereocenters. The standard InChI is InChI=1S/C23H24ClN5O3S/c1-4-30-18-9-11-19(12-10-18)31-13-20-25-28-23(29(20)17-7-5-16(24)6-8-17)33-14-21-26-27-22(32-21)15(2)3/h5-12,15H,4,13-14H2,1-3H3. The fraction of sp³-hybridized carbons (Fsp3) is 0.304. The molecule has 33 heavy (non-hydrogen) atoms. The maximum absolute atomic E-state index is 6.09. The van der Waals surface area contributed by atoms with Crippen molar-refractivity contribution in [3.05, 3.63) is 71.2 Å². The normalized spacial score (nSPS) is 11.2. The number of hydrogen-bond acceptors (Lipinski definition) is 8. The summed E-state index contributed by atoms with van der Waals surface area (Å²) in [5.74, 6) is 3.99. The van der Waals surface area contributed by atoms with E-state index in [2.05, 4.69) is 20.4 Å². The monoisotopic (exact) mass is 485 g/mol. The maximum Gasteiger partial charge on any atom is 0.226 e. The minimum Gasteiger partial charge on any atom is -0.494 e. The molecule has 10 heteroatoms. The first-order valence-corrected chi connectivity index (χ1v) is 11.9. The highest BCUT2D eigenvalue weighted by molar-refractivity contribution is 7.98. The van der Waals surface area contributed by atoms with Crippen molar-refractivity contribution in [3.63, 3.8) is 0 Å². The maximum atomic E-state index is 6.09. The molecule has 0 saturated heterocycles. The molecule has 4 aromatic rings. The Balaban J connectivity index is 1.53. The van der Waals surface area contributed by atoms with Gasteiger partial charge < -0.3 is 13.9 Å². The lowest BCUT2D eigenvalue weighted by molar-refractivity contribution is 0.291. The van der Waals surface area contributed by atoms with Crippen molar-refractivity contribution in [3.8, 4) is 17.2 Å². The fourth-order valence-corrected chi connectivity index (χ4v) is 3.90. The SMILES string of the molecule is CCOc1ccc(OCc2nnc(SCc3nnc(C(C)C)o3)n2-c2ccc(Cl)cc2)cc1. The molecule has 0 aliphatic heterocycles. The largest absolute Gasteiger partial charge is 0.494 e. The summed E-state index contributed by atoms with van der Waals surface area (Å²) in [4.78, 5) is 0. The van der Waals surface area contributed by atoms with E-state index in [4.69, 9.17) is 25.5 Å². The van der Waals surface area contributed by atoms with Crippen LogP contribution in [0.1, 0.15) is 44.3 Å². The molecule has 4 rings (SSSR count). The Bertz CT molecular complexity index is 1180. The average Bonchev–Trinajstić information content (AvgIpc) is 3.45. The molecular formula is C23H24ClN5O3S. The van der Waals surface area contributed by atoms with Crippen LogP contribution in [0.25, 0.3) is 5.69 Å². The molecule has 172 valence electrons. The number of rotatable bonds is 10. The zero-order valence-corrected chi connectivity index (χ0v) is 20.1. The molecule has 2 aromatic carbocycles. The molecule has 0 unspecified atom stereocenters. The van der Waals surface area contributed by atoms with Gasteiger partial charge in [0.1, 0.15) is 18.1 Å². The molecule has 2 heterocycles. The minimum absolute atomic E-state index is 0.181. The van der Waals surface area contributed by atoms with Crippen LogP contribution in [0, 0.1) is 0 Å². The van der Waals surface area contributed by atoms with Crippen LogP contribution in [0.5, 0.6) is 11.5 Å². The van der Waals surface area contributed by atoms with Crippen molar-refractivity contribution >= 4 is 23.4 Å². The lowest BCUT2D eigenvalue weighted by atomic mass is 10.2. The second-order valence-electron chi connectivity index (χ2n) is 7.38. The molecule has 0 N–H and O–H groups in total. The second kappa shape index (κ2) is 10.7. The first-order valence-electron chi connectivity index (χ1n) is 10.5. The Hall–Kier alpha value is -3.04. The number of halogens is 1. The Kier molecular flexibility index (Phi) is 7.51. The van der Waals surface area contributed by atoms with E-state index in [1.807, 2.05) is 73.9 Å². The van der Waals surface area contributed by atoms with Gasteiger partial charge in [-0.05, 0) is 55.5 Å². The molecule has 0 radical (unpaired) electrons. The molecule has 0 aliphatic rings. The van der Waals surface area contributed by atoms with E-state index in [0.29, 0.717) is 45.9 Å². The molecular weight excluding hydrogens is 462 g/mol. The molecule has 0 aliphatic carbocycles. The molecule has 2 aromatic heterocycles. The van der Waals surface area contributed by atoms with Gasteiger partial charge in [0.05, 0.1) is 12.4 Å². The van der Waals surface area contributed by atoms with E-state index in [9.17, 15) is 0 Å². The van der Waals surface area contributed by atoms with Gasteiger partial charge in [-0.2, -0.15) is 0 Å². The summed E-state index contributed by atoms with van der Waals surface area (Å²) in [5, 5.41) is 18.3. The number of thioether (sulfide) groups is 1. The number of ether oxygens (including phenoxy) is 2. The Morgan fingerprint density at radius 2 is 1.64 bits per heavy atom. The van der Waals surface area contributed by atoms with Crippen molar-refractivity contribution in [2.75, 3.05) is 6.61 Å². The first-order chi connectivity index (χ1) is 16.0. The van der Waals surface area contributed by atoms with Crippen LogP contribution in [0.3, 0.4) is 0 Å². The Labute approximate surface area is 201 Å². The molecule has 0 bridgehead atoms. The minimum atomic E-state index is 0.181. The van der Waals surface area contributed by atoms with Gasteiger partial charge >= 0.3 is 0 Å². The summed E-state index contributed by atoms with van der Waals surface area (Å²) in [5.41, 5.74) is 0.880. The van der Waals surface area contributed by atoms with Gasteiger partial charge in [0.15, 0.2) is 11.0 Å². The number of hydrogen-bond donors (Lipinski definition) is 0. The van der Waals surface area contributed by atoms with Crippen LogP contribution in [-0.2, 0) is 12.4 Å². The van der Waals surface area contributed by atoms with Crippen LogP contribution >= 0.6 is 23.4 Å². The van der Waals surface area contributed by atoms with E-state index in [-0.39, 0.29) is 12.5 Å². The fourth-order valence-electron chi connectivity index (χ4n) is 2.97. The highest BCUT2D eigenvalue weighted by atomic mass is 35.5. The second-order valence-corrected chi connectivity index (χ2v) is 8.76. The van der Waals surface area contributed by atoms with Crippen molar-refractivity contribution in [2.45, 2.75) is 44.2 Å². The Morgan fingerprint density at radius 1 is 0.939 bits per heavy atom. The average molecular weight is 486 g/mol. The third-order valence-corrected chi connectivity index (χ3v) is 5.75. The van der Waals surface area contributed by atoms with Gasteiger partial charge in [-0.1, -0.05) is 37.2 Å². The molecule has 8 nitrogen and oxygen atoms in total. The van der Waals surface area contributed by atoms with E-state index >= 15 is 0 Å². The van der Waals surface area contributed by atoms with E-state index in [1.165, 1.54) is 11.8 Å². The van der Waals surface area contributed by atoms with Crippen LogP contribution in [0.2, 0.25) is 5.02 Å². The summed E-state index contributed by atoms with van der Waals surface area (Å²) < 4.78 is 19.1. The highest BCUT2D eigenvalue weighted by Gasteiger charge is 2.17. The van der Waals surface area contributed by atoms with Crippen molar-refractivity contribution < 1.29 is 13.9 Å². The van der Waals surface area contributed by atoms with Crippen molar-refractivity contribution in [1.29, 1.82) is 0 Å². The summed E-state index contributed by atoms with van der Waals surface area (Å²) >= 11 is 7.55. The molecule has 0 fully saturated rings. The summed E-state index contributed by atoms with van der Waals surface area (Å²) in [6, 6.07) is 15.0. The van der Waals surface area contributed by atoms with E-state index in [1.54, 1.807) is 0 Å². The topological polar surface area (TPSA) is 88.1 Å². The summed E-state index contributed by atoms with van der Waals surface area (Å²) in [6.07, 6.45) is 0. The number of nitrogens with zero attached hydrogens (tertiary/aromatic N) is 5. The zero-order chi connectivity index (χ0) is 23.2. The Morgan fingerprint density at radius 3 is 2.27 bits per heavy atom. The summed E-state index contributed by atoms with van der Waals surface area (Å²) in [7, 11) is 0. The summed E-state index contributed by atoms with van der Waals surface area (Å²) in [6.45, 7) is 6.83. The van der Waals surface area contributed by atoms with Gasteiger partial charge in [0.2, 0.25) is 11.8 Å². The van der Waals surface area contributed by atoms with E-state index in [0.717, 1.165) is 11.4 Å². The lowest BCUT2D eigenvalue weighted by Crippen LogP contribution is -2.06. The van der Waals surface area contributed by atoms with Crippen molar-refractivity contribution in [2.24, 2.45) is 0 Å². The third-order valence-electron chi connectivity index (χ3n) is 4.59. The number of aromatic nitrogens is 5. The van der Waals surface area contributed by atoms with Gasteiger partial charge in [0, 0.05) is 16.6 Å². The van der Waals surface area contributed by atoms with Crippen LogP contribution in [0.15, 0.2) is 58.1 Å². The predicted molar refractivity (Wildman–Crippen MR) is 126 cm³/mol. The van der Waals surface area contributed by atoms with Crippen molar-refractivity contribution in [1.82, 2.24) is 25.0 Å². The van der Waals surface area contributed by atoms with Gasteiger partial charge in [-0.15, -0.1) is 20.4 Å². The van der Waals surface area contributed by atoms with Gasteiger partial charge in [-0.3, -0.25) is 4.57 Å².